The van der Waals surface area contributed by atoms with E-state index in [1.54, 1.807) is 21.0 Å². The van der Waals surface area contributed by atoms with E-state index in [2.05, 4.69) is 22.6 Å². The van der Waals surface area contributed by atoms with Gasteiger partial charge in [-0.1, -0.05) is 22.6 Å². The second-order valence-corrected chi connectivity index (χ2v) is 3.89. The predicted octanol–water partition coefficient (Wildman–Crippen LogP) is 1.60. The van der Waals surface area contributed by atoms with Crippen LogP contribution >= 0.6 is 22.6 Å². The van der Waals surface area contributed by atoms with Gasteiger partial charge in [0.1, 0.15) is 5.60 Å². The molecule has 0 fully saturated rings. The van der Waals surface area contributed by atoms with Crippen LogP contribution in [-0.4, -0.2) is 27.8 Å². The number of aliphatic hydroxyl groups is 1. The van der Waals surface area contributed by atoms with Crippen LogP contribution < -0.4 is 0 Å². The monoisotopic (exact) mass is 258 g/mol. The zero-order valence-corrected chi connectivity index (χ0v) is 9.10. The van der Waals surface area contributed by atoms with Crippen molar-refractivity contribution in [2.75, 3.05) is 11.5 Å². The molecule has 0 heterocycles. The maximum absolute atomic E-state index is 9.61. The van der Waals surface area contributed by atoms with Gasteiger partial charge in [0, 0.05) is 11.5 Å². The predicted molar refractivity (Wildman–Crippen MR) is 50.6 cm³/mol. The van der Waals surface area contributed by atoms with Crippen molar-refractivity contribution < 1.29 is 9.84 Å². The molecule has 0 radical (unpaired) electrons. The fourth-order valence-electron chi connectivity index (χ4n) is 0.468. The third kappa shape index (κ3) is 2.07. The molecule has 0 spiro atoms. The second kappa shape index (κ2) is 3.36. The summed E-state index contributed by atoms with van der Waals surface area (Å²) >= 11 is 2.21. The molecule has 0 saturated carbocycles. The first kappa shape index (κ1) is 10.7. The highest BCUT2D eigenvalue weighted by molar-refractivity contribution is 14.1. The molecule has 0 saturated heterocycles. The zero-order chi connectivity index (χ0) is 8.41. The highest BCUT2D eigenvalue weighted by Crippen LogP contribution is 2.26. The van der Waals surface area contributed by atoms with Gasteiger partial charge < -0.3 is 9.84 Å². The molecule has 1 N–H and O–H groups in total. The largest absolute Gasteiger partial charge is 0.387 e. The summed E-state index contributed by atoms with van der Waals surface area (Å²) in [6, 6.07) is 0. The Balaban J connectivity index is 4.33. The van der Waals surface area contributed by atoms with Gasteiger partial charge >= 0.3 is 0 Å². The van der Waals surface area contributed by atoms with E-state index in [0.29, 0.717) is 0 Å². The van der Waals surface area contributed by atoms with E-state index in [1.807, 2.05) is 6.92 Å². The van der Waals surface area contributed by atoms with Crippen LogP contribution in [0, 0.1) is 0 Å². The Kier molecular flexibility index (Phi) is 3.58. The summed E-state index contributed by atoms with van der Waals surface area (Å²) in [6.07, 6.45) is 0. The average Bonchev–Trinajstić information content (AvgIpc) is 1.84. The van der Waals surface area contributed by atoms with Crippen LogP contribution in [0.1, 0.15) is 20.8 Å². The van der Waals surface area contributed by atoms with Gasteiger partial charge in [-0.3, -0.25) is 0 Å². The van der Waals surface area contributed by atoms with Crippen LogP contribution in [0.2, 0.25) is 0 Å². The summed E-state index contributed by atoms with van der Waals surface area (Å²) in [6.45, 7) is 5.42. The number of ether oxygens (including phenoxy) is 1. The number of hydrogen-bond donors (Lipinski definition) is 1. The number of halogens is 1. The summed E-state index contributed by atoms with van der Waals surface area (Å²) in [5.41, 5.74) is -1.21. The fraction of sp³-hybridized carbons (Fsp3) is 1.00. The number of alkyl halides is 1. The average molecular weight is 258 g/mol. The lowest BCUT2D eigenvalue weighted by Gasteiger charge is -2.37. The molecule has 0 aliphatic carbocycles. The van der Waals surface area contributed by atoms with E-state index in [9.17, 15) is 5.11 Å². The minimum Gasteiger partial charge on any atom is -0.387 e. The molecule has 1 atom stereocenters. The molecule has 2 nitrogen and oxygen atoms in total. The van der Waals surface area contributed by atoms with Gasteiger partial charge in [0.15, 0.2) is 0 Å². The SMILES string of the molecule is COC(C)(CI)C(C)(C)O. The van der Waals surface area contributed by atoms with Gasteiger partial charge in [-0.05, 0) is 20.8 Å². The minimum absolute atomic E-state index is 0.437. The molecule has 1 unspecified atom stereocenters. The smallest absolute Gasteiger partial charge is 0.102 e. The van der Waals surface area contributed by atoms with Crippen LogP contribution in [0.5, 0.6) is 0 Å². The lowest BCUT2D eigenvalue weighted by Crippen LogP contribution is -2.50. The maximum Gasteiger partial charge on any atom is 0.102 e. The van der Waals surface area contributed by atoms with Crippen LogP contribution in [-0.2, 0) is 4.74 Å². The molecule has 62 valence electrons. The Morgan fingerprint density at radius 3 is 1.80 bits per heavy atom. The minimum atomic E-state index is -0.775. The van der Waals surface area contributed by atoms with E-state index < -0.39 is 11.2 Å². The normalized spacial score (nSPS) is 18.6. The standard InChI is InChI=1S/C7H15IO2/c1-6(2,9)7(3,5-8)10-4/h9H,5H2,1-4H3. The summed E-state index contributed by atoms with van der Waals surface area (Å²) in [4.78, 5) is 0. The van der Waals surface area contributed by atoms with E-state index in [-0.39, 0.29) is 0 Å². The van der Waals surface area contributed by atoms with Crippen LogP contribution in [0.4, 0.5) is 0 Å². The topological polar surface area (TPSA) is 29.5 Å². The van der Waals surface area contributed by atoms with Crippen LogP contribution in [0.15, 0.2) is 0 Å². The molecule has 0 aromatic rings. The van der Waals surface area contributed by atoms with Crippen molar-refractivity contribution in [3.63, 3.8) is 0 Å². The van der Waals surface area contributed by atoms with Crippen LogP contribution in [0.25, 0.3) is 0 Å². The summed E-state index contributed by atoms with van der Waals surface area (Å²) in [5, 5.41) is 9.61. The van der Waals surface area contributed by atoms with Crippen LogP contribution in [0.3, 0.4) is 0 Å². The third-order valence-electron chi connectivity index (χ3n) is 2.00. The van der Waals surface area contributed by atoms with Crippen molar-refractivity contribution >= 4 is 22.6 Å². The quantitative estimate of drug-likeness (QED) is 0.615. The fourth-order valence-corrected chi connectivity index (χ4v) is 1.71. The molecule has 3 heteroatoms. The summed E-state index contributed by atoms with van der Waals surface area (Å²) < 4.78 is 5.98. The van der Waals surface area contributed by atoms with E-state index >= 15 is 0 Å². The van der Waals surface area contributed by atoms with E-state index in [1.165, 1.54) is 0 Å². The first-order valence-electron chi connectivity index (χ1n) is 3.21. The van der Waals surface area contributed by atoms with Gasteiger partial charge in [0.25, 0.3) is 0 Å². The highest BCUT2D eigenvalue weighted by Gasteiger charge is 2.38. The number of methoxy groups -OCH3 is 1. The maximum atomic E-state index is 9.61. The van der Waals surface area contributed by atoms with E-state index in [4.69, 9.17) is 4.74 Å². The Bertz CT molecular complexity index is 103. The van der Waals surface area contributed by atoms with E-state index in [0.717, 1.165) is 4.43 Å². The van der Waals surface area contributed by atoms with Gasteiger partial charge in [0.2, 0.25) is 0 Å². The first-order valence-corrected chi connectivity index (χ1v) is 4.73. The molecule has 0 aliphatic rings. The van der Waals surface area contributed by atoms with Gasteiger partial charge in [-0.2, -0.15) is 0 Å². The molecule has 0 aliphatic heterocycles. The highest BCUT2D eigenvalue weighted by atomic mass is 127. The van der Waals surface area contributed by atoms with Crippen molar-refractivity contribution in [2.45, 2.75) is 32.0 Å². The summed E-state index contributed by atoms with van der Waals surface area (Å²) in [5.74, 6) is 0. The second-order valence-electron chi connectivity index (χ2n) is 3.13. The number of hydrogen-bond acceptors (Lipinski definition) is 2. The molecular formula is C7H15IO2. The van der Waals surface area contributed by atoms with Crippen molar-refractivity contribution in [1.29, 1.82) is 0 Å². The molecule has 0 bridgehead atoms. The first-order chi connectivity index (χ1) is 4.37. The molecular weight excluding hydrogens is 243 g/mol. The van der Waals surface area contributed by atoms with Gasteiger partial charge in [-0.15, -0.1) is 0 Å². The Morgan fingerprint density at radius 1 is 1.40 bits per heavy atom. The lowest BCUT2D eigenvalue weighted by molar-refractivity contribution is -0.124. The van der Waals surface area contributed by atoms with Gasteiger partial charge in [-0.25, -0.2) is 0 Å². The van der Waals surface area contributed by atoms with Gasteiger partial charge in [0.05, 0.1) is 5.60 Å². The number of rotatable bonds is 3. The molecule has 0 aromatic carbocycles. The molecule has 0 amide bonds. The Hall–Kier alpha value is 0.650. The van der Waals surface area contributed by atoms with Crippen molar-refractivity contribution in [3.05, 3.63) is 0 Å². The third-order valence-corrected chi connectivity index (χ3v) is 3.46. The van der Waals surface area contributed by atoms with Crippen molar-refractivity contribution in [2.24, 2.45) is 0 Å². The molecule has 10 heavy (non-hydrogen) atoms. The Labute approximate surface area is 76.1 Å². The molecule has 0 aromatic heterocycles. The lowest BCUT2D eigenvalue weighted by atomic mass is 9.90. The Morgan fingerprint density at radius 2 is 1.80 bits per heavy atom. The van der Waals surface area contributed by atoms with Crippen molar-refractivity contribution in [1.82, 2.24) is 0 Å². The van der Waals surface area contributed by atoms with Crippen molar-refractivity contribution in [3.8, 4) is 0 Å². The molecule has 0 rings (SSSR count). The zero-order valence-electron chi connectivity index (χ0n) is 6.94. The summed E-state index contributed by atoms with van der Waals surface area (Å²) in [7, 11) is 1.62.